The fourth-order valence-electron chi connectivity index (χ4n) is 3.02. The molecular weight excluding hydrogens is 394 g/mol. The molecule has 2 unspecified atom stereocenters. The number of benzene rings is 2. The summed E-state index contributed by atoms with van der Waals surface area (Å²) in [7, 11) is 0. The Morgan fingerprint density at radius 2 is 1.71 bits per heavy atom. The van der Waals surface area contributed by atoms with Gasteiger partial charge in [-0.05, 0) is 30.4 Å². The predicted molar refractivity (Wildman–Crippen MR) is 114 cm³/mol. The van der Waals surface area contributed by atoms with E-state index in [4.69, 9.17) is 9.47 Å². The molecule has 7 heteroatoms. The number of rotatable bonds is 10. The third-order valence-corrected chi connectivity index (χ3v) is 5.01. The highest BCUT2D eigenvalue weighted by atomic mass is 16.6. The van der Waals surface area contributed by atoms with Gasteiger partial charge in [0.05, 0.1) is 6.61 Å². The zero-order chi connectivity index (χ0) is 22.1. The van der Waals surface area contributed by atoms with Crippen molar-refractivity contribution in [1.82, 2.24) is 10.6 Å². The number of nitrogens with zero attached hydrogens (tertiary/aromatic N) is 1. The van der Waals surface area contributed by atoms with Crippen molar-refractivity contribution in [3.8, 4) is 6.07 Å². The molecule has 2 N–H and O–H groups in total. The molecule has 1 aliphatic rings. The Morgan fingerprint density at radius 3 is 2.29 bits per heavy atom. The lowest BCUT2D eigenvalue weighted by atomic mass is 10.1. The van der Waals surface area contributed by atoms with Crippen LogP contribution in [0.5, 0.6) is 0 Å². The second kappa shape index (κ2) is 10.6. The van der Waals surface area contributed by atoms with E-state index in [0.29, 0.717) is 18.9 Å². The van der Waals surface area contributed by atoms with Crippen LogP contribution in [0.1, 0.15) is 37.3 Å². The first-order valence-electron chi connectivity index (χ1n) is 10.4. The Kier molecular flexibility index (Phi) is 7.63. The fraction of sp³-hybridized carbons (Fsp3) is 0.375. The Labute approximate surface area is 182 Å². The van der Waals surface area contributed by atoms with E-state index >= 15 is 0 Å². The predicted octanol–water partition coefficient (Wildman–Crippen LogP) is 3.65. The minimum absolute atomic E-state index is 0.164. The van der Waals surface area contributed by atoms with Crippen molar-refractivity contribution in [2.24, 2.45) is 5.92 Å². The molecule has 2 atom stereocenters. The quantitative estimate of drug-likeness (QED) is 0.570. The molecule has 162 valence electrons. The standard InChI is InChI=1S/C24H27N3O4/c1-24(17-25,30-16-20-10-6-3-7-11-20)27-22(28)21(14-18-12-13-18)31-23(29)26-15-19-8-4-2-5-9-19/h2-11,18,21H,12-16H2,1H3,(H,26,29)(H,27,28). The van der Waals surface area contributed by atoms with Crippen LogP contribution in [0, 0.1) is 17.2 Å². The van der Waals surface area contributed by atoms with E-state index in [1.165, 1.54) is 6.92 Å². The van der Waals surface area contributed by atoms with Crippen LogP contribution in [0.4, 0.5) is 4.79 Å². The molecule has 7 nitrogen and oxygen atoms in total. The van der Waals surface area contributed by atoms with Gasteiger partial charge in [0.1, 0.15) is 6.07 Å². The average Bonchev–Trinajstić information content (AvgIpc) is 3.61. The summed E-state index contributed by atoms with van der Waals surface area (Å²) in [6, 6.07) is 20.8. The molecule has 2 aromatic rings. The molecule has 3 rings (SSSR count). The maximum Gasteiger partial charge on any atom is 0.408 e. The van der Waals surface area contributed by atoms with Gasteiger partial charge in [0.15, 0.2) is 6.10 Å². The highest BCUT2D eigenvalue weighted by Gasteiger charge is 2.36. The minimum atomic E-state index is -1.54. The van der Waals surface area contributed by atoms with Gasteiger partial charge in [-0.2, -0.15) is 5.26 Å². The summed E-state index contributed by atoms with van der Waals surface area (Å²) < 4.78 is 11.1. The van der Waals surface area contributed by atoms with Crippen LogP contribution in [-0.4, -0.2) is 23.8 Å². The molecule has 1 aliphatic carbocycles. The zero-order valence-corrected chi connectivity index (χ0v) is 17.5. The number of nitriles is 1. The molecule has 0 radical (unpaired) electrons. The Bertz CT molecular complexity index is 909. The number of alkyl carbamates (subject to hydrolysis) is 1. The molecule has 2 amide bonds. The first kappa shape index (κ1) is 22.3. The van der Waals surface area contributed by atoms with Crippen molar-refractivity contribution in [1.29, 1.82) is 5.26 Å². The van der Waals surface area contributed by atoms with Gasteiger partial charge in [0.25, 0.3) is 5.91 Å². The van der Waals surface area contributed by atoms with Gasteiger partial charge in [-0.3, -0.25) is 4.79 Å². The van der Waals surface area contributed by atoms with E-state index in [0.717, 1.165) is 24.0 Å². The number of carbonyl (C=O) groups is 2. The van der Waals surface area contributed by atoms with Crippen molar-refractivity contribution >= 4 is 12.0 Å². The van der Waals surface area contributed by atoms with Crippen molar-refractivity contribution in [3.05, 3.63) is 71.8 Å². The van der Waals surface area contributed by atoms with E-state index in [1.807, 2.05) is 66.7 Å². The number of carbonyl (C=O) groups excluding carboxylic acids is 2. The number of hydrogen-bond acceptors (Lipinski definition) is 5. The molecule has 0 saturated heterocycles. The Morgan fingerprint density at radius 1 is 1.10 bits per heavy atom. The number of amides is 2. The SMILES string of the molecule is CC(C#N)(NC(=O)C(CC1CC1)OC(=O)NCc1ccccc1)OCc1ccccc1. The number of nitrogens with one attached hydrogen (secondary N) is 2. The summed E-state index contributed by atoms with van der Waals surface area (Å²) in [5.74, 6) is -0.199. The van der Waals surface area contributed by atoms with Gasteiger partial charge in [0.2, 0.25) is 5.72 Å². The molecule has 31 heavy (non-hydrogen) atoms. The fourth-order valence-corrected chi connectivity index (χ4v) is 3.02. The van der Waals surface area contributed by atoms with Crippen LogP contribution in [0.2, 0.25) is 0 Å². The lowest BCUT2D eigenvalue weighted by Crippen LogP contribution is -2.52. The molecule has 0 bridgehead atoms. The van der Waals surface area contributed by atoms with E-state index in [-0.39, 0.29) is 6.61 Å². The van der Waals surface area contributed by atoms with Crippen molar-refractivity contribution in [3.63, 3.8) is 0 Å². The summed E-state index contributed by atoms with van der Waals surface area (Å²) >= 11 is 0. The van der Waals surface area contributed by atoms with Crippen LogP contribution in [-0.2, 0) is 27.4 Å². The van der Waals surface area contributed by atoms with E-state index in [2.05, 4.69) is 10.6 Å². The van der Waals surface area contributed by atoms with Gasteiger partial charge < -0.3 is 20.1 Å². The van der Waals surface area contributed by atoms with Gasteiger partial charge in [0, 0.05) is 6.54 Å². The zero-order valence-electron chi connectivity index (χ0n) is 17.5. The van der Waals surface area contributed by atoms with E-state index < -0.39 is 23.8 Å². The molecule has 0 heterocycles. The van der Waals surface area contributed by atoms with Crippen molar-refractivity contribution in [2.75, 3.05) is 0 Å². The number of ether oxygens (including phenoxy) is 2. The van der Waals surface area contributed by atoms with E-state index in [9.17, 15) is 14.9 Å². The molecule has 0 spiro atoms. The topological polar surface area (TPSA) is 100 Å². The van der Waals surface area contributed by atoms with Gasteiger partial charge in [-0.1, -0.05) is 73.5 Å². The van der Waals surface area contributed by atoms with Gasteiger partial charge in [-0.25, -0.2) is 4.79 Å². The summed E-state index contributed by atoms with van der Waals surface area (Å²) in [6.07, 6.45) is 0.757. The van der Waals surface area contributed by atoms with Crippen LogP contribution >= 0.6 is 0 Å². The van der Waals surface area contributed by atoms with Gasteiger partial charge >= 0.3 is 6.09 Å². The monoisotopic (exact) mass is 421 g/mol. The second-order valence-electron chi connectivity index (χ2n) is 7.82. The second-order valence-corrected chi connectivity index (χ2v) is 7.82. The van der Waals surface area contributed by atoms with Crippen LogP contribution in [0.25, 0.3) is 0 Å². The van der Waals surface area contributed by atoms with Crippen LogP contribution in [0.3, 0.4) is 0 Å². The minimum Gasteiger partial charge on any atom is -0.436 e. The molecule has 1 fully saturated rings. The average molecular weight is 421 g/mol. The normalized spacial score (nSPS) is 15.7. The third kappa shape index (κ3) is 7.43. The smallest absolute Gasteiger partial charge is 0.408 e. The van der Waals surface area contributed by atoms with Crippen molar-refractivity contribution in [2.45, 2.75) is 51.2 Å². The first-order valence-corrected chi connectivity index (χ1v) is 10.4. The van der Waals surface area contributed by atoms with Crippen LogP contribution in [0.15, 0.2) is 60.7 Å². The maximum absolute atomic E-state index is 12.9. The number of hydrogen-bond donors (Lipinski definition) is 2. The molecular formula is C24H27N3O4. The van der Waals surface area contributed by atoms with Gasteiger partial charge in [-0.15, -0.1) is 0 Å². The molecule has 0 aromatic heterocycles. The third-order valence-electron chi connectivity index (χ3n) is 5.01. The lowest BCUT2D eigenvalue weighted by molar-refractivity contribution is -0.138. The summed E-state index contributed by atoms with van der Waals surface area (Å²) in [6.45, 7) is 1.95. The first-order chi connectivity index (χ1) is 15.0. The maximum atomic E-state index is 12.9. The van der Waals surface area contributed by atoms with Crippen LogP contribution < -0.4 is 10.6 Å². The largest absolute Gasteiger partial charge is 0.436 e. The molecule has 1 saturated carbocycles. The van der Waals surface area contributed by atoms with Crippen molar-refractivity contribution < 1.29 is 19.1 Å². The van der Waals surface area contributed by atoms with E-state index in [1.54, 1.807) is 0 Å². The summed E-state index contributed by atoms with van der Waals surface area (Å²) in [5, 5.41) is 14.8. The molecule has 2 aromatic carbocycles. The highest BCUT2D eigenvalue weighted by Crippen LogP contribution is 2.34. The Hall–Kier alpha value is -3.37. The molecule has 0 aliphatic heterocycles. The Balaban J connectivity index is 1.56. The highest BCUT2D eigenvalue weighted by molar-refractivity contribution is 5.84. The summed E-state index contributed by atoms with van der Waals surface area (Å²) in [4.78, 5) is 25.1. The lowest BCUT2D eigenvalue weighted by Gasteiger charge is -2.26. The summed E-state index contributed by atoms with van der Waals surface area (Å²) in [5.41, 5.74) is 0.261.